The fourth-order valence-corrected chi connectivity index (χ4v) is 3.08. The molecular weight excluding hydrogens is 332 g/mol. The zero-order valence-corrected chi connectivity index (χ0v) is 15.3. The number of aryl methyl sites for hydroxylation is 1. The summed E-state index contributed by atoms with van der Waals surface area (Å²) in [7, 11) is 0. The molecule has 0 aliphatic carbocycles. The minimum Gasteiger partial charge on any atom is -0.365 e. The van der Waals surface area contributed by atoms with Gasteiger partial charge in [-0.05, 0) is 30.2 Å². The smallest absolute Gasteiger partial charge is 0.225 e. The van der Waals surface area contributed by atoms with Crippen LogP contribution in [0.15, 0.2) is 78.9 Å². The fraction of sp³-hybridized carbons (Fsp3) is 0.130. The lowest BCUT2D eigenvalue weighted by atomic mass is 10.1. The molecule has 3 aromatic carbocycles. The molecular formula is C23H22N4. The van der Waals surface area contributed by atoms with Crippen molar-refractivity contribution in [1.82, 2.24) is 9.97 Å². The van der Waals surface area contributed by atoms with Gasteiger partial charge in [0.1, 0.15) is 5.82 Å². The average Bonchev–Trinajstić information content (AvgIpc) is 2.71. The maximum absolute atomic E-state index is 4.72. The molecule has 1 aromatic heterocycles. The van der Waals surface area contributed by atoms with Crippen molar-refractivity contribution in [2.24, 2.45) is 0 Å². The van der Waals surface area contributed by atoms with E-state index in [1.54, 1.807) is 0 Å². The molecule has 0 saturated carbocycles. The van der Waals surface area contributed by atoms with Gasteiger partial charge in [0.2, 0.25) is 5.95 Å². The number of fused-ring (bicyclic) bond motifs is 1. The zero-order chi connectivity index (χ0) is 18.5. The highest BCUT2D eigenvalue weighted by molar-refractivity contribution is 5.90. The lowest BCUT2D eigenvalue weighted by Crippen LogP contribution is -2.08. The number of rotatable bonds is 6. The molecule has 0 radical (unpaired) electrons. The van der Waals surface area contributed by atoms with Crippen molar-refractivity contribution in [1.29, 1.82) is 0 Å². The predicted octanol–water partition coefficient (Wildman–Crippen LogP) is 5.16. The van der Waals surface area contributed by atoms with Crippen molar-refractivity contribution in [3.8, 4) is 0 Å². The molecule has 0 atom stereocenters. The highest BCUT2D eigenvalue weighted by atomic mass is 15.1. The third kappa shape index (κ3) is 4.23. The minimum atomic E-state index is 0.630. The fourth-order valence-electron chi connectivity index (χ4n) is 3.08. The van der Waals surface area contributed by atoms with Crippen molar-refractivity contribution in [2.75, 3.05) is 10.6 Å². The van der Waals surface area contributed by atoms with Crippen LogP contribution in [-0.4, -0.2) is 9.97 Å². The summed E-state index contributed by atoms with van der Waals surface area (Å²) in [6.45, 7) is 3.51. The van der Waals surface area contributed by atoms with Gasteiger partial charge in [-0.1, -0.05) is 72.3 Å². The Kier molecular flexibility index (Phi) is 4.97. The molecule has 4 nitrogen and oxygen atoms in total. The van der Waals surface area contributed by atoms with E-state index in [9.17, 15) is 0 Å². The van der Waals surface area contributed by atoms with Crippen LogP contribution in [0.1, 0.15) is 16.7 Å². The summed E-state index contributed by atoms with van der Waals surface area (Å²) in [5, 5.41) is 7.84. The van der Waals surface area contributed by atoms with E-state index >= 15 is 0 Å². The van der Waals surface area contributed by atoms with Crippen LogP contribution < -0.4 is 10.6 Å². The van der Waals surface area contributed by atoms with E-state index in [-0.39, 0.29) is 0 Å². The van der Waals surface area contributed by atoms with Crippen molar-refractivity contribution < 1.29 is 0 Å². The number of anilines is 2. The van der Waals surface area contributed by atoms with Crippen molar-refractivity contribution in [3.05, 3.63) is 95.6 Å². The standard InChI is InChI=1S/C23H22N4/c1-17-8-7-11-19(14-17)16-25-23-26-21-13-6-5-12-20(21)22(27-23)24-15-18-9-3-2-4-10-18/h2-14H,15-16H2,1H3,(H2,24,25,26,27). The van der Waals surface area contributed by atoms with Gasteiger partial charge in [-0.25, -0.2) is 4.98 Å². The summed E-state index contributed by atoms with van der Waals surface area (Å²) < 4.78 is 0. The maximum Gasteiger partial charge on any atom is 0.225 e. The van der Waals surface area contributed by atoms with E-state index < -0.39 is 0 Å². The highest BCUT2D eigenvalue weighted by Gasteiger charge is 2.07. The second-order valence-corrected chi connectivity index (χ2v) is 6.59. The number of hydrogen-bond donors (Lipinski definition) is 2. The number of aromatic nitrogens is 2. The van der Waals surface area contributed by atoms with Crippen LogP contribution in [0.25, 0.3) is 10.9 Å². The van der Waals surface area contributed by atoms with Crippen LogP contribution in [-0.2, 0) is 13.1 Å². The van der Waals surface area contributed by atoms with Crippen LogP contribution in [0.2, 0.25) is 0 Å². The van der Waals surface area contributed by atoms with E-state index in [4.69, 9.17) is 4.98 Å². The number of hydrogen-bond acceptors (Lipinski definition) is 4. The van der Waals surface area contributed by atoms with Gasteiger partial charge in [0, 0.05) is 18.5 Å². The van der Waals surface area contributed by atoms with Crippen LogP contribution in [0, 0.1) is 6.92 Å². The molecule has 2 N–H and O–H groups in total. The zero-order valence-electron chi connectivity index (χ0n) is 15.3. The summed E-state index contributed by atoms with van der Waals surface area (Å²) in [6, 6.07) is 26.8. The van der Waals surface area contributed by atoms with E-state index in [1.807, 2.05) is 42.5 Å². The van der Waals surface area contributed by atoms with E-state index in [2.05, 4.69) is 58.9 Å². The Labute approximate surface area is 159 Å². The first-order chi connectivity index (χ1) is 13.3. The van der Waals surface area contributed by atoms with Crippen LogP contribution in [0.5, 0.6) is 0 Å². The lowest BCUT2D eigenvalue weighted by molar-refractivity contribution is 1.05. The first-order valence-corrected chi connectivity index (χ1v) is 9.12. The Bertz CT molecular complexity index is 1040. The van der Waals surface area contributed by atoms with Gasteiger partial charge >= 0.3 is 0 Å². The van der Waals surface area contributed by atoms with Gasteiger partial charge in [-0.3, -0.25) is 0 Å². The van der Waals surface area contributed by atoms with Gasteiger partial charge < -0.3 is 10.6 Å². The molecule has 0 unspecified atom stereocenters. The van der Waals surface area contributed by atoms with Gasteiger partial charge in [0.15, 0.2) is 0 Å². The van der Waals surface area contributed by atoms with Gasteiger partial charge in [-0.15, -0.1) is 0 Å². The normalized spacial score (nSPS) is 10.7. The number of benzene rings is 3. The van der Waals surface area contributed by atoms with Crippen molar-refractivity contribution in [2.45, 2.75) is 20.0 Å². The monoisotopic (exact) mass is 354 g/mol. The van der Waals surface area contributed by atoms with E-state index in [0.717, 1.165) is 23.3 Å². The molecule has 0 saturated heterocycles. The van der Waals surface area contributed by atoms with E-state index in [0.29, 0.717) is 12.5 Å². The second-order valence-electron chi connectivity index (χ2n) is 6.59. The number of nitrogens with one attached hydrogen (secondary N) is 2. The average molecular weight is 354 g/mol. The molecule has 0 fully saturated rings. The SMILES string of the molecule is Cc1cccc(CNc2nc(NCc3ccccc3)c3ccccc3n2)c1. The van der Waals surface area contributed by atoms with Crippen molar-refractivity contribution >= 4 is 22.7 Å². The molecule has 0 bridgehead atoms. The Hall–Kier alpha value is -3.40. The summed E-state index contributed by atoms with van der Waals surface area (Å²) in [5.74, 6) is 1.47. The third-order valence-corrected chi connectivity index (χ3v) is 4.44. The number of nitrogens with zero attached hydrogens (tertiary/aromatic N) is 2. The molecule has 0 aliphatic rings. The summed E-state index contributed by atoms with van der Waals surface area (Å²) in [5.41, 5.74) is 4.61. The molecule has 0 amide bonds. The first-order valence-electron chi connectivity index (χ1n) is 9.12. The second kappa shape index (κ2) is 7.87. The van der Waals surface area contributed by atoms with Crippen LogP contribution in [0.4, 0.5) is 11.8 Å². The molecule has 27 heavy (non-hydrogen) atoms. The highest BCUT2D eigenvalue weighted by Crippen LogP contribution is 2.22. The van der Waals surface area contributed by atoms with Crippen molar-refractivity contribution in [3.63, 3.8) is 0 Å². The Balaban J connectivity index is 1.58. The first kappa shape index (κ1) is 17.0. The molecule has 4 aromatic rings. The number of para-hydroxylation sites is 1. The quantitative estimate of drug-likeness (QED) is 0.502. The van der Waals surface area contributed by atoms with Gasteiger partial charge in [0.05, 0.1) is 5.52 Å². The molecule has 0 spiro atoms. The summed E-state index contributed by atoms with van der Waals surface area (Å²) in [4.78, 5) is 9.39. The van der Waals surface area contributed by atoms with Crippen LogP contribution >= 0.6 is 0 Å². The Morgan fingerprint density at radius 2 is 1.44 bits per heavy atom. The van der Waals surface area contributed by atoms with Gasteiger partial charge in [-0.2, -0.15) is 4.98 Å². The van der Waals surface area contributed by atoms with E-state index in [1.165, 1.54) is 16.7 Å². The minimum absolute atomic E-state index is 0.630. The molecule has 4 heteroatoms. The summed E-state index contributed by atoms with van der Waals surface area (Å²) >= 11 is 0. The summed E-state index contributed by atoms with van der Waals surface area (Å²) in [6.07, 6.45) is 0. The largest absolute Gasteiger partial charge is 0.365 e. The molecule has 4 rings (SSSR count). The van der Waals surface area contributed by atoms with Crippen LogP contribution in [0.3, 0.4) is 0 Å². The van der Waals surface area contributed by atoms with Gasteiger partial charge in [0.25, 0.3) is 0 Å². The third-order valence-electron chi connectivity index (χ3n) is 4.44. The Morgan fingerprint density at radius 3 is 2.30 bits per heavy atom. The molecule has 134 valence electrons. The topological polar surface area (TPSA) is 49.8 Å². The molecule has 0 aliphatic heterocycles. The Morgan fingerprint density at radius 1 is 0.704 bits per heavy atom. The lowest BCUT2D eigenvalue weighted by Gasteiger charge is -2.12. The molecule has 1 heterocycles. The maximum atomic E-state index is 4.72. The predicted molar refractivity (Wildman–Crippen MR) is 112 cm³/mol.